The molecule has 0 aromatic carbocycles. The van der Waals surface area contributed by atoms with Gasteiger partial charge in [-0.05, 0) is 32.9 Å². The van der Waals surface area contributed by atoms with Gasteiger partial charge in [-0.2, -0.15) is 0 Å². The lowest BCUT2D eigenvalue weighted by molar-refractivity contribution is -0.0828. The van der Waals surface area contributed by atoms with Gasteiger partial charge in [0, 0.05) is 61.9 Å². The molecule has 2 heterocycles. The zero-order valence-corrected chi connectivity index (χ0v) is 18.9. The fraction of sp³-hybridized carbons (Fsp3) is 0.722. The molecule has 5 nitrogen and oxygen atoms in total. The Balaban J connectivity index is 0.00000312. The van der Waals surface area contributed by atoms with Gasteiger partial charge in [0.2, 0.25) is 0 Å². The first kappa shape index (κ1) is 22.7. The van der Waals surface area contributed by atoms with E-state index in [1.165, 1.54) is 9.75 Å². The summed E-state index contributed by atoms with van der Waals surface area (Å²) in [5.41, 5.74) is -0.186. The Kier molecular flexibility index (Phi) is 10.3. The Hall–Kier alpha value is -0.380. The highest BCUT2D eigenvalue weighted by Crippen LogP contribution is 2.24. The average molecular weight is 481 g/mol. The quantitative estimate of drug-likeness (QED) is 0.357. The third-order valence-corrected chi connectivity index (χ3v) is 5.42. The topological polar surface area (TPSA) is 54.9 Å². The first-order valence-electron chi connectivity index (χ1n) is 8.80. The van der Waals surface area contributed by atoms with Crippen molar-refractivity contribution in [1.82, 2.24) is 10.6 Å². The van der Waals surface area contributed by atoms with E-state index in [1.807, 2.05) is 11.3 Å². The summed E-state index contributed by atoms with van der Waals surface area (Å²) in [6.45, 7) is 9.44. The lowest BCUT2D eigenvalue weighted by Gasteiger charge is -2.34. The molecule has 1 unspecified atom stereocenters. The predicted octanol–water partition coefficient (Wildman–Crippen LogP) is 3.36. The summed E-state index contributed by atoms with van der Waals surface area (Å²) in [4.78, 5) is 7.55. The highest BCUT2D eigenvalue weighted by molar-refractivity contribution is 14.0. The number of hydrogen-bond acceptors (Lipinski definition) is 4. The third kappa shape index (κ3) is 7.40. The van der Waals surface area contributed by atoms with Gasteiger partial charge in [0.15, 0.2) is 5.96 Å². The maximum Gasteiger partial charge on any atom is 0.191 e. The van der Waals surface area contributed by atoms with Crippen molar-refractivity contribution >= 4 is 41.3 Å². The SMILES string of the molecule is CCNC(=NCC1(OC)CCOCC1)NC(C)Cc1ccc(C)s1.I. The minimum atomic E-state index is -0.186. The standard InChI is InChI=1S/C18H31N3O2S.HI/c1-5-19-17(20-13-18(22-4)8-10-23-11-9-18)21-14(2)12-16-7-6-15(3)24-16;/h6-7,14H,5,8-13H2,1-4H3,(H2,19,20,21);1H. The summed E-state index contributed by atoms with van der Waals surface area (Å²) in [6.07, 6.45) is 2.80. The van der Waals surface area contributed by atoms with Crippen LogP contribution in [-0.2, 0) is 15.9 Å². The molecule has 1 atom stereocenters. The van der Waals surface area contributed by atoms with E-state index in [0.717, 1.165) is 45.0 Å². The van der Waals surface area contributed by atoms with Gasteiger partial charge in [-0.1, -0.05) is 0 Å². The number of aryl methyl sites for hydroxylation is 1. The molecular formula is C18H32IN3O2S. The number of rotatable bonds is 7. The van der Waals surface area contributed by atoms with Crippen LogP contribution in [0.4, 0.5) is 0 Å². The van der Waals surface area contributed by atoms with Crippen molar-refractivity contribution in [3.63, 3.8) is 0 Å². The maximum atomic E-state index is 5.77. The molecule has 1 saturated heterocycles. The van der Waals surface area contributed by atoms with E-state index in [-0.39, 0.29) is 29.6 Å². The second kappa shape index (κ2) is 11.4. The second-order valence-electron chi connectivity index (χ2n) is 6.46. The van der Waals surface area contributed by atoms with E-state index in [9.17, 15) is 0 Å². The van der Waals surface area contributed by atoms with E-state index < -0.39 is 0 Å². The highest BCUT2D eigenvalue weighted by Gasteiger charge is 2.32. The van der Waals surface area contributed by atoms with Gasteiger partial charge in [0.05, 0.1) is 12.1 Å². The number of nitrogens with one attached hydrogen (secondary N) is 2. The van der Waals surface area contributed by atoms with Crippen molar-refractivity contribution < 1.29 is 9.47 Å². The lowest BCUT2D eigenvalue weighted by Crippen LogP contribution is -2.46. The van der Waals surface area contributed by atoms with Crippen molar-refractivity contribution in [2.24, 2.45) is 4.99 Å². The molecule has 0 aliphatic carbocycles. The smallest absolute Gasteiger partial charge is 0.191 e. The van der Waals surface area contributed by atoms with Crippen LogP contribution in [0.3, 0.4) is 0 Å². The van der Waals surface area contributed by atoms with Crippen LogP contribution < -0.4 is 10.6 Å². The van der Waals surface area contributed by atoms with Crippen molar-refractivity contribution in [3.05, 3.63) is 21.9 Å². The lowest BCUT2D eigenvalue weighted by atomic mass is 9.94. The van der Waals surface area contributed by atoms with Crippen molar-refractivity contribution in [2.75, 3.05) is 33.4 Å². The summed E-state index contributed by atoms with van der Waals surface area (Å²) in [5, 5.41) is 6.86. The molecule has 1 aliphatic heterocycles. The molecule has 0 bridgehead atoms. The first-order chi connectivity index (χ1) is 11.6. The highest BCUT2D eigenvalue weighted by atomic mass is 127. The van der Waals surface area contributed by atoms with Gasteiger partial charge in [0.25, 0.3) is 0 Å². The van der Waals surface area contributed by atoms with Gasteiger partial charge in [-0.3, -0.25) is 4.99 Å². The van der Waals surface area contributed by atoms with Gasteiger partial charge < -0.3 is 20.1 Å². The molecule has 2 N–H and O–H groups in total. The van der Waals surface area contributed by atoms with Crippen LogP contribution in [0.25, 0.3) is 0 Å². The minimum absolute atomic E-state index is 0. The molecule has 2 rings (SSSR count). The molecular weight excluding hydrogens is 449 g/mol. The Labute approximate surface area is 173 Å². The van der Waals surface area contributed by atoms with Gasteiger partial charge >= 0.3 is 0 Å². The second-order valence-corrected chi connectivity index (χ2v) is 7.83. The van der Waals surface area contributed by atoms with E-state index in [0.29, 0.717) is 12.6 Å². The van der Waals surface area contributed by atoms with E-state index >= 15 is 0 Å². The van der Waals surface area contributed by atoms with E-state index in [1.54, 1.807) is 7.11 Å². The Bertz CT molecular complexity index is 530. The third-order valence-electron chi connectivity index (χ3n) is 4.39. The summed E-state index contributed by atoms with van der Waals surface area (Å²) in [7, 11) is 1.78. The van der Waals surface area contributed by atoms with Crippen LogP contribution in [0.2, 0.25) is 0 Å². The zero-order valence-electron chi connectivity index (χ0n) is 15.8. The Morgan fingerprint density at radius 1 is 1.40 bits per heavy atom. The van der Waals surface area contributed by atoms with Crippen LogP contribution in [0, 0.1) is 6.92 Å². The molecule has 0 spiro atoms. The summed E-state index contributed by atoms with van der Waals surface area (Å²) < 4.78 is 11.2. The van der Waals surface area contributed by atoms with Crippen LogP contribution >= 0.6 is 35.3 Å². The summed E-state index contributed by atoms with van der Waals surface area (Å²) in [6, 6.07) is 4.72. The normalized spacial score (nSPS) is 18.3. The molecule has 1 aromatic heterocycles. The van der Waals surface area contributed by atoms with Gasteiger partial charge in [0.1, 0.15) is 0 Å². The van der Waals surface area contributed by atoms with Gasteiger partial charge in [-0.25, -0.2) is 0 Å². The van der Waals surface area contributed by atoms with Crippen molar-refractivity contribution in [2.45, 2.75) is 51.7 Å². The van der Waals surface area contributed by atoms with Crippen LogP contribution in [0.5, 0.6) is 0 Å². The van der Waals surface area contributed by atoms with Crippen LogP contribution in [0.15, 0.2) is 17.1 Å². The number of guanidine groups is 1. The number of thiophene rings is 1. The maximum absolute atomic E-state index is 5.77. The molecule has 1 aromatic rings. The minimum Gasteiger partial charge on any atom is -0.381 e. The largest absolute Gasteiger partial charge is 0.381 e. The number of hydrogen-bond donors (Lipinski definition) is 2. The van der Waals surface area contributed by atoms with E-state index in [2.05, 4.69) is 43.5 Å². The van der Waals surface area contributed by atoms with Crippen molar-refractivity contribution in [1.29, 1.82) is 0 Å². The zero-order chi connectivity index (χ0) is 17.4. The molecule has 25 heavy (non-hydrogen) atoms. The van der Waals surface area contributed by atoms with Gasteiger partial charge in [-0.15, -0.1) is 35.3 Å². The van der Waals surface area contributed by atoms with E-state index in [4.69, 9.17) is 14.5 Å². The van der Waals surface area contributed by atoms with Crippen LogP contribution in [-0.4, -0.2) is 51.0 Å². The molecule has 1 fully saturated rings. The number of ether oxygens (including phenoxy) is 2. The fourth-order valence-corrected chi connectivity index (χ4v) is 3.91. The monoisotopic (exact) mass is 481 g/mol. The predicted molar refractivity (Wildman–Crippen MR) is 117 cm³/mol. The average Bonchev–Trinajstić information content (AvgIpc) is 2.98. The first-order valence-corrected chi connectivity index (χ1v) is 9.61. The molecule has 7 heteroatoms. The number of nitrogens with zero attached hydrogens (tertiary/aromatic N) is 1. The molecule has 0 saturated carbocycles. The number of methoxy groups -OCH3 is 1. The fourth-order valence-electron chi connectivity index (χ4n) is 2.89. The molecule has 144 valence electrons. The molecule has 0 amide bonds. The summed E-state index contributed by atoms with van der Waals surface area (Å²) in [5.74, 6) is 0.862. The number of aliphatic imine (C=N–C) groups is 1. The van der Waals surface area contributed by atoms with Crippen LogP contribution in [0.1, 0.15) is 36.4 Å². The number of halogens is 1. The molecule has 0 radical (unpaired) electrons. The molecule has 1 aliphatic rings. The van der Waals surface area contributed by atoms with Crippen molar-refractivity contribution in [3.8, 4) is 0 Å². The Morgan fingerprint density at radius 2 is 2.12 bits per heavy atom. The Morgan fingerprint density at radius 3 is 2.68 bits per heavy atom. The summed E-state index contributed by atoms with van der Waals surface area (Å²) >= 11 is 1.86.